The molecule has 0 aliphatic carbocycles. The van der Waals surface area contributed by atoms with Gasteiger partial charge in [0.1, 0.15) is 48.8 Å². The summed E-state index contributed by atoms with van der Waals surface area (Å²) in [5.41, 5.74) is 0. The molecular weight excluding hydrogens is 1110 g/mol. The number of unbranched alkanes of at least 4 members (excludes halogenated alkanes) is 42. The van der Waals surface area contributed by atoms with Gasteiger partial charge in [0.15, 0.2) is 12.6 Å². The van der Waals surface area contributed by atoms with Crippen LogP contribution < -0.4 is 5.32 Å². The van der Waals surface area contributed by atoms with E-state index in [1.807, 2.05) is 6.08 Å². The van der Waals surface area contributed by atoms with E-state index in [1.165, 1.54) is 244 Å². The molecule has 14 nitrogen and oxygen atoms in total. The van der Waals surface area contributed by atoms with Crippen molar-refractivity contribution < 1.29 is 64.6 Å². The number of aliphatic hydroxyl groups excluding tert-OH is 8. The van der Waals surface area contributed by atoms with Crippen molar-refractivity contribution in [3.8, 4) is 0 Å². The number of ether oxygens (including phenoxy) is 4. The normalized spacial score (nSPS) is 23.4. The highest BCUT2D eigenvalue weighted by atomic mass is 16.7. The van der Waals surface area contributed by atoms with Gasteiger partial charge in [-0.15, -0.1) is 0 Å². The van der Waals surface area contributed by atoms with Gasteiger partial charge >= 0.3 is 0 Å². The van der Waals surface area contributed by atoms with Gasteiger partial charge in [-0.05, 0) is 70.6 Å². The number of rotatable bonds is 61. The molecule has 2 fully saturated rings. The van der Waals surface area contributed by atoms with Crippen LogP contribution in [0.4, 0.5) is 0 Å². The highest BCUT2D eigenvalue weighted by Crippen LogP contribution is 2.30. The third kappa shape index (κ3) is 42.2. The van der Waals surface area contributed by atoms with E-state index in [9.17, 15) is 45.6 Å². The minimum atomic E-state index is -1.79. The zero-order valence-corrected chi connectivity index (χ0v) is 56.2. The summed E-state index contributed by atoms with van der Waals surface area (Å²) in [6, 6.07) is -0.941. The van der Waals surface area contributed by atoms with E-state index in [2.05, 4.69) is 55.6 Å². The second kappa shape index (κ2) is 58.7. The Kier molecular flexibility index (Phi) is 54.8. The summed E-state index contributed by atoms with van der Waals surface area (Å²) in [6.07, 6.45) is 60.4. The minimum Gasteiger partial charge on any atom is -0.394 e. The lowest BCUT2D eigenvalue weighted by Gasteiger charge is -2.46. The van der Waals surface area contributed by atoms with E-state index in [1.54, 1.807) is 6.08 Å². The first kappa shape index (κ1) is 82.0. The molecule has 2 saturated heterocycles. The van der Waals surface area contributed by atoms with Gasteiger partial charge in [0.05, 0.1) is 32.0 Å². The zero-order valence-electron chi connectivity index (χ0n) is 56.2. The molecule has 0 spiro atoms. The Morgan fingerprint density at radius 1 is 0.398 bits per heavy atom. The van der Waals surface area contributed by atoms with Gasteiger partial charge in [0.25, 0.3) is 0 Å². The lowest BCUT2D eigenvalue weighted by molar-refractivity contribution is -0.359. The number of allylic oxidation sites excluding steroid dienone is 7. The highest BCUT2D eigenvalue weighted by Gasteiger charge is 2.51. The smallest absolute Gasteiger partial charge is 0.220 e. The van der Waals surface area contributed by atoms with Gasteiger partial charge < -0.3 is 65.1 Å². The van der Waals surface area contributed by atoms with Crippen LogP contribution in [0.2, 0.25) is 0 Å². The molecule has 516 valence electrons. The van der Waals surface area contributed by atoms with Crippen molar-refractivity contribution in [3.05, 3.63) is 48.6 Å². The predicted octanol–water partition coefficient (Wildman–Crippen LogP) is 15.5. The number of carbonyl (C=O) groups is 1. The van der Waals surface area contributed by atoms with Crippen LogP contribution in [0.1, 0.15) is 322 Å². The standard InChI is InChI=1S/C74H137NO13/c1-3-5-7-9-11-13-15-17-19-21-23-25-26-27-28-29-30-31-32-33-34-35-36-38-39-41-43-45-47-49-51-53-55-57-63(78)62(61-85-73-71(84)69(82)72(65(60-77)87-73)88-74-70(83)68(81)67(80)64(59-76)86-74)75-66(79)58-56-54-52-50-48-46-44-42-40-37-24-22-20-18-16-14-12-10-8-6-4-2/h22,24,39,41,47,49,55,57,62-65,67-74,76-78,80-84H,3-21,23,25-38,40,42-46,48,50-54,56,58-61H2,1-2H3,(H,75,79)/b24-22-,41-39+,49-47+,57-55+. The first-order chi connectivity index (χ1) is 43.1. The SMILES string of the molecule is CCCCCCCCCC/C=C\CCCCCCCCCCCC(=O)NC(COC1OC(CO)C(OC2OC(CO)C(O)C(O)C2O)C(O)C1O)C(O)/C=C/CC/C=C/CC/C=C/CCCCCCCCCCCCCCCCCCCCCCCCC. The van der Waals surface area contributed by atoms with Gasteiger partial charge in [0, 0.05) is 6.42 Å². The van der Waals surface area contributed by atoms with Crippen molar-refractivity contribution >= 4 is 5.91 Å². The van der Waals surface area contributed by atoms with Crippen LogP contribution in [-0.2, 0) is 23.7 Å². The largest absolute Gasteiger partial charge is 0.394 e. The lowest BCUT2D eigenvalue weighted by Crippen LogP contribution is -2.65. The molecule has 0 aromatic heterocycles. The Morgan fingerprint density at radius 3 is 1.11 bits per heavy atom. The first-order valence-corrected chi connectivity index (χ1v) is 36.9. The lowest BCUT2D eigenvalue weighted by atomic mass is 9.97. The molecule has 0 radical (unpaired) electrons. The van der Waals surface area contributed by atoms with E-state index in [4.69, 9.17) is 18.9 Å². The van der Waals surface area contributed by atoms with Crippen molar-refractivity contribution in [2.24, 2.45) is 0 Å². The molecule has 0 aromatic carbocycles. The Balaban J connectivity index is 1.67. The number of nitrogens with one attached hydrogen (secondary N) is 1. The average molecular weight is 1250 g/mol. The summed E-state index contributed by atoms with van der Waals surface area (Å²) in [6.45, 7) is 2.82. The van der Waals surface area contributed by atoms with Gasteiger partial charge in [0.2, 0.25) is 5.91 Å². The van der Waals surface area contributed by atoms with Crippen LogP contribution in [0.15, 0.2) is 48.6 Å². The second-order valence-corrected chi connectivity index (χ2v) is 26.1. The van der Waals surface area contributed by atoms with Crippen LogP contribution >= 0.6 is 0 Å². The molecule has 0 bridgehead atoms. The third-order valence-electron chi connectivity index (χ3n) is 18.0. The van der Waals surface area contributed by atoms with E-state index in [0.29, 0.717) is 12.8 Å². The molecule has 0 aromatic rings. The average Bonchev–Trinajstić information content (AvgIpc) is 2.01. The summed E-state index contributed by atoms with van der Waals surface area (Å²) in [5.74, 6) is -0.252. The summed E-state index contributed by atoms with van der Waals surface area (Å²) in [5, 5.41) is 87.4. The molecule has 12 atom stereocenters. The molecule has 2 heterocycles. The zero-order chi connectivity index (χ0) is 63.8. The van der Waals surface area contributed by atoms with Crippen LogP contribution in [-0.4, -0.2) is 140 Å². The fourth-order valence-corrected chi connectivity index (χ4v) is 12.1. The highest BCUT2D eigenvalue weighted by molar-refractivity contribution is 5.76. The van der Waals surface area contributed by atoms with Crippen LogP contribution in [0.25, 0.3) is 0 Å². The van der Waals surface area contributed by atoms with Gasteiger partial charge in [-0.3, -0.25) is 4.79 Å². The maximum absolute atomic E-state index is 13.3. The number of carbonyl (C=O) groups excluding carboxylic acids is 1. The Morgan fingerprint density at radius 2 is 0.727 bits per heavy atom. The Labute approximate surface area is 537 Å². The van der Waals surface area contributed by atoms with Crippen molar-refractivity contribution in [3.63, 3.8) is 0 Å². The molecule has 2 aliphatic rings. The maximum atomic E-state index is 13.3. The molecule has 0 saturated carbocycles. The molecule has 2 rings (SSSR count). The molecular formula is C74H137NO13. The number of aliphatic hydroxyl groups is 8. The number of hydrogen-bond acceptors (Lipinski definition) is 13. The molecule has 9 N–H and O–H groups in total. The fraction of sp³-hybridized carbons (Fsp3) is 0.878. The van der Waals surface area contributed by atoms with Crippen LogP contribution in [0, 0.1) is 0 Å². The van der Waals surface area contributed by atoms with E-state index in [0.717, 1.165) is 44.9 Å². The fourth-order valence-electron chi connectivity index (χ4n) is 12.1. The summed E-state index contributed by atoms with van der Waals surface area (Å²) >= 11 is 0. The maximum Gasteiger partial charge on any atom is 0.220 e. The second-order valence-electron chi connectivity index (χ2n) is 26.1. The van der Waals surface area contributed by atoms with Crippen molar-refractivity contribution in [1.29, 1.82) is 0 Å². The summed E-state index contributed by atoms with van der Waals surface area (Å²) in [7, 11) is 0. The Bertz CT molecular complexity index is 1660. The van der Waals surface area contributed by atoms with Gasteiger partial charge in [-0.25, -0.2) is 0 Å². The quantitative estimate of drug-likeness (QED) is 0.0204. The Hall–Kier alpha value is -2.05. The molecule has 12 unspecified atom stereocenters. The van der Waals surface area contributed by atoms with E-state index >= 15 is 0 Å². The molecule has 1 amide bonds. The molecule has 2 aliphatic heterocycles. The summed E-state index contributed by atoms with van der Waals surface area (Å²) in [4.78, 5) is 13.3. The third-order valence-corrected chi connectivity index (χ3v) is 18.0. The topological polar surface area (TPSA) is 228 Å². The molecule has 14 heteroatoms. The van der Waals surface area contributed by atoms with Crippen molar-refractivity contribution in [2.45, 2.75) is 396 Å². The van der Waals surface area contributed by atoms with Gasteiger partial charge in [-0.1, -0.05) is 294 Å². The number of hydrogen-bond donors (Lipinski definition) is 9. The van der Waals surface area contributed by atoms with Crippen LogP contribution in [0.3, 0.4) is 0 Å². The van der Waals surface area contributed by atoms with Crippen molar-refractivity contribution in [2.75, 3.05) is 19.8 Å². The van der Waals surface area contributed by atoms with Crippen LogP contribution in [0.5, 0.6) is 0 Å². The van der Waals surface area contributed by atoms with Crippen molar-refractivity contribution in [1.82, 2.24) is 5.32 Å². The monoisotopic (exact) mass is 1250 g/mol. The number of amides is 1. The first-order valence-electron chi connectivity index (χ1n) is 36.9. The van der Waals surface area contributed by atoms with E-state index < -0.39 is 86.8 Å². The summed E-state index contributed by atoms with van der Waals surface area (Å²) < 4.78 is 22.8. The minimum absolute atomic E-state index is 0.252. The van der Waals surface area contributed by atoms with E-state index in [-0.39, 0.29) is 18.9 Å². The molecule has 88 heavy (non-hydrogen) atoms. The predicted molar refractivity (Wildman–Crippen MR) is 360 cm³/mol. The van der Waals surface area contributed by atoms with Gasteiger partial charge in [-0.2, -0.15) is 0 Å².